The van der Waals surface area contributed by atoms with Crippen molar-refractivity contribution < 1.29 is 17.9 Å². The number of alkyl halides is 3. The zero-order valence-corrected chi connectivity index (χ0v) is 13.5. The van der Waals surface area contributed by atoms with Gasteiger partial charge in [-0.25, -0.2) is 4.98 Å². The predicted octanol–water partition coefficient (Wildman–Crippen LogP) is 2.24. The van der Waals surface area contributed by atoms with Crippen LogP contribution >= 0.6 is 0 Å². The van der Waals surface area contributed by atoms with Crippen LogP contribution in [-0.4, -0.2) is 36.1 Å². The van der Waals surface area contributed by atoms with Gasteiger partial charge in [-0.05, 0) is 18.2 Å². The largest absolute Gasteiger partial charge is 0.476 e. The Labute approximate surface area is 143 Å². The van der Waals surface area contributed by atoms with Gasteiger partial charge in [0, 0.05) is 25.5 Å². The zero-order chi connectivity index (χ0) is 18.1. The number of pyridine rings is 2. The number of guanidine groups is 1. The summed E-state index contributed by atoms with van der Waals surface area (Å²) < 4.78 is 42.6. The number of rotatable bonds is 6. The summed E-state index contributed by atoms with van der Waals surface area (Å²) in [5, 5.41) is 6.11. The molecule has 0 aromatic carbocycles. The average Bonchev–Trinajstić information content (AvgIpc) is 2.61. The SMILES string of the molecule is CN=C(NCCOc1ccc(C(F)(F)F)cn1)NCc1ccccn1. The number of aliphatic imine (C=N–C) groups is 1. The Bertz CT molecular complexity index is 674. The van der Waals surface area contributed by atoms with Gasteiger partial charge < -0.3 is 15.4 Å². The zero-order valence-electron chi connectivity index (χ0n) is 13.5. The second-order valence-electron chi connectivity index (χ2n) is 4.90. The summed E-state index contributed by atoms with van der Waals surface area (Å²) in [5.74, 6) is 0.695. The van der Waals surface area contributed by atoms with Crippen molar-refractivity contribution in [3.63, 3.8) is 0 Å². The maximum Gasteiger partial charge on any atom is 0.417 e. The van der Waals surface area contributed by atoms with Gasteiger partial charge in [-0.3, -0.25) is 9.98 Å². The normalized spacial score (nSPS) is 11.9. The molecule has 2 aromatic rings. The molecule has 0 saturated heterocycles. The summed E-state index contributed by atoms with van der Waals surface area (Å²) in [6.07, 6.45) is -1.95. The molecular formula is C16H18F3N5O. The first-order chi connectivity index (χ1) is 12.0. The molecule has 0 radical (unpaired) electrons. The maximum absolute atomic E-state index is 12.4. The molecule has 0 unspecified atom stereocenters. The molecule has 0 saturated carbocycles. The monoisotopic (exact) mass is 353 g/mol. The molecule has 0 bridgehead atoms. The molecule has 2 rings (SSSR count). The molecule has 2 N–H and O–H groups in total. The first kappa shape index (κ1) is 18.5. The molecule has 2 aromatic heterocycles. The molecule has 134 valence electrons. The Morgan fingerprint density at radius 1 is 1.16 bits per heavy atom. The molecule has 2 heterocycles. The number of ether oxygens (including phenoxy) is 1. The minimum atomic E-state index is -4.40. The molecule has 0 amide bonds. The van der Waals surface area contributed by atoms with Gasteiger partial charge in [0.15, 0.2) is 5.96 Å². The Morgan fingerprint density at radius 2 is 2.00 bits per heavy atom. The van der Waals surface area contributed by atoms with E-state index in [-0.39, 0.29) is 12.5 Å². The highest BCUT2D eigenvalue weighted by atomic mass is 19.4. The summed E-state index contributed by atoms with van der Waals surface area (Å²) in [7, 11) is 1.63. The molecule has 9 heteroatoms. The summed E-state index contributed by atoms with van der Waals surface area (Å²) in [5.41, 5.74) is 0.0627. The summed E-state index contributed by atoms with van der Waals surface area (Å²) in [6.45, 7) is 1.15. The van der Waals surface area contributed by atoms with Crippen molar-refractivity contribution in [2.24, 2.45) is 4.99 Å². The van der Waals surface area contributed by atoms with E-state index in [1.807, 2.05) is 18.2 Å². The van der Waals surface area contributed by atoms with Gasteiger partial charge >= 0.3 is 6.18 Å². The van der Waals surface area contributed by atoms with Gasteiger partial charge in [-0.1, -0.05) is 6.07 Å². The van der Waals surface area contributed by atoms with Crippen LogP contribution in [0.25, 0.3) is 0 Å². The van der Waals surface area contributed by atoms with Crippen LogP contribution in [0.5, 0.6) is 5.88 Å². The van der Waals surface area contributed by atoms with Crippen molar-refractivity contribution >= 4 is 5.96 Å². The second-order valence-corrected chi connectivity index (χ2v) is 4.90. The molecule has 0 atom stereocenters. The van der Waals surface area contributed by atoms with Crippen LogP contribution in [0, 0.1) is 0 Å². The van der Waals surface area contributed by atoms with Crippen molar-refractivity contribution in [3.8, 4) is 5.88 Å². The van der Waals surface area contributed by atoms with E-state index in [2.05, 4.69) is 25.6 Å². The van der Waals surface area contributed by atoms with Gasteiger partial charge in [-0.15, -0.1) is 0 Å². The Hall–Kier alpha value is -2.84. The lowest BCUT2D eigenvalue weighted by Gasteiger charge is -2.12. The standard InChI is InChI=1S/C16H18F3N5O/c1-20-15(24-11-13-4-2-3-7-21-13)22-8-9-25-14-6-5-12(10-23-14)16(17,18)19/h2-7,10H,8-9,11H2,1H3,(H2,20,22,24). The smallest absolute Gasteiger partial charge is 0.417 e. The number of nitrogens with zero attached hydrogens (tertiary/aromatic N) is 3. The Balaban J connectivity index is 1.70. The van der Waals surface area contributed by atoms with E-state index < -0.39 is 11.7 Å². The highest BCUT2D eigenvalue weighted by molar-refractivity contribution is 5.79. The molecular weight excluding hydrogens is 335 g/mol. The molecule has 0 aliphatic heterocycles. The lowest BCUT2D eigenvalue weighted by Crippen LogP contribution is -2.39. The van der Waals surface area contributed by atoms with Crippen LogP contribution in [0.3, 0.4) is 0 Å². The molecule has 0 aliphatic carbocycles. The predicted molar refractivity (Wildman–Crippen MR) is 87.2 cm³/mol. The summed E-state index contributed by atoms with van der Waals surface area (Å²) >= 11 is 0. The van der Waals surface area contributed by atoms with Crippen molar-refractivity contribution in [1.29, 1.82) is 0 Å². The number of hydrogen-bond acceptors (Lipinski definition) is 4. The summed E-state index contributed by atoms with van der Waals surface area (Å²) in [4.78, 5) is 11.9. The van der Waals surface area contributed by atoms with Crippen LogP contribution in [0.4, 0.5) is 13.2 Å². The minimum absolute atomic E-state index is 0.131. The van der Waals surface area contributed by atoms with Crippen LogP contribution in [0.1, 0.15) is 11.3 Å². The molecule has 0 fully saturated rings. The van der Waals surface area contributed by atoms with E-state index in [1.54, 1.807) is 13.2 Å². The molecule has 0 spiro atoms. The van der Waals surface area contributed by atoms with Crippen LogP contribution in [0.15, 0.2) is 47.7 Å². The van der Waals surface area contributed by atoms with Gasteiger partial charge in [0.1, 0.15) is 6.61 Å². The van der Waals surface area contributed by atoms with Gasteiger partial charge in [0.2, 0.25) is 5.88 Å². The second kappa shape index (κ2) is 8.86. The van der Waals surface area contributed by atoms with E-state index >= 15 is 0 Å². The van der Waals surface area contributed by atoms with Gasteiger partial charge in [0.25, 0.3) is 0 Å². The van der Waals surface area contributed by atoms with Crippen molar-refractivity contribution in [2.75, 3.05) is 20.2 Å². The number of halogens is 3. The first-order valence-electron chi connectivity index (χ1n) is 7.49. The highest BCUT2D eigenvalue weighted by Crippen LogP contribution is 2.29. The Kier molecular flexibility index (Phi) is 6.55. The third-order valence-corrected chi connectivity index (χ3v) is 3.09. The van der Waals surface area contributed by atoms with Crippen LogP contribution < -0.4 is 15.4 Å². The quantitative estimate of drug-likeness (QED) is 0.473. The van der Waals surface area contributed by atoms with Crippen molar-refractivity contribution in [3.05, 3.63) is 54.0 Å². The fourth-order valence-electron chi connectivity index (χ4n) is 1.86. The minimum Gasteiger partial charge on any atom is -0.476 e. The third-order valence-electron chi connectivity index (χ3n) is 3.09. The lowest BCUT2D eigenvalue weighted by atomic mass is 10.3. The molecule has 25 heavy (non-hydrogen) atoms. The Morgan fingerprint density at radius 3 is 2.60 bits per heavy atom. The summed E-state index contributed by atoms with van der Waals surface area (Å²) in [6, 6.07) is 7.74. The average molecular weight is 353 g/mol. The fraction of sp³-hybridized carbons (Fsp3) is 0.312. The number of nitrogens with one attached hydrogen (secondary N) is 2. The number of aromatic nitrogens is 2. The fourth-order valence-corrected chi connectivity index (χ4v) is 1.86. The first-order valence-corrected chi connectivity index (χ1v) is 7.49. The van der Waals surface area contributed by atoms with E-state index in [0.29, 0.717) is 19.0 Å². The van der Waals surface area contributed by atoms with Crippen LogP contribution in [0.2, 0.25) is 0 Å². The van der Waals surface area contributed by atoms with E-state index in [1.165, 1.54) is 6.07 Å². The number of hydrogen-bond donors (Lipinski definition) is 2. The van der Waals surface area contributed by atoms with Crippen molar-refractivity contribution in [1.82, 2.24) is 20.6 Å². The lowest BCUT2D eigenvalue weighted by molar-refractivity contribution is -0.137. The van der Waals surface area contributed by atoms with E-state index in [0.717, 1.165) is 18.0 Å². The van der Waals surface area contributed by atoms with E-state index in [4.69, 9.17) is 4.74 Å². The van der Waals surface area contributed by atoms with E-state index in [9.17, 15) is 13.2 Å². The van der Waals surface area contributed by atoms with Gasteiger partial charge in [-0.2, -0.15) is 13.2 Å². The maximum atomic E-state index is 12.4. The topological polar surface area (TPSA) is 71.4 Å². The molecule has 6 nitrogen and oxygen atoms in total. The third kappa shape index (κ3) is 6.28. The highest BCUT2D eigenvalue weighted by Gasteiger charge is 2.30. The molecule has 0 aliphatic rings. The van der Waals surface area contributed by atoms with Crippen LogP contribution in [-0.2, 0) is 12.7 Å². The van der Waals surface area contributed by atoms with Gasteiger partial charge in [0.05, 0.1) is 24.3 Å². The van der Waals surface area contributed by atoms with Crippen molar-refractivity contribution in [2.45, 2.75) is 12.7 Å².